The zero-order valence-electron chi connectivity index (χ0n) is 17.0. The van der Waals surface area contributed by atoms with E-state index in [1.807, 2.05) is 49.4 Å². The second-order valence-electron chi connectivity index (χ2n) is 7.24. The quantitative estimate of drug-likeness (QED) is 0.563. The molecule has 1 saturated heterocycles. The first kappa shape index (κ1) is 19.2. The van der Waals surface area contributed by atoms with Gasteiger partial charge in [-0.2, -0.15) is 0 Å². The lowest BCUT2D eigenvalue weighted by molar-refractivity contribution is 0.103. The van der Waals surface area contributed by atoms with E-state index in [1.165, 1.54) is 6.42 Å². The smallest absolute Gasteiger partial charge is 0.196 e. The normalized spacial score (nSPS) is 14.1. The molecule has 2 aromatic carbocycles. The number of hydrogen-bond donors (Lipinski definition) is 0. The summed E-state index contributed by atoms with van der Waals surface area (Å²) in [4.78, 5) is 20.3. The van der Waals surface area contributed by atoms with Crippen LogP contribution in [-0.4, -0.2) is 37.6 Å². The van der Waals surface area contributed by atoms with Crippen molar-refractivity contribution in [2.24, 2.45) is 0 Å². The third-order valence-electron chi connectivity index (χ3n) is 5.39. The zero-order valence-corrected chi connectivity index (χ0v) is 17.0. The third-order valence-corrected chi connectivity index (χ3v) is 5.39. The van der Waals surface area contributed by atoms with Gasteiger partial charge in [0.25, 0.3) is 0 Å². The minimum atomic E-state index is -0.0237. The Morgan fingerprint density at radius 1 is 1.03 bits per heavy atom. The number of aromatic nitrogens is 1. The molecule has 5 heteroatoms. The molecule has 0 bridgehead atoms. The summed E-state index contributed by atoms with van der Waals surface area (Å²) in [5.41, 5.74) is 3.11. The first-order valence-electron chi connectivity index (χ1n) is 10.2. The van der Waals surface area contributed by atoms with E-state index in [1.54, 1.807) is 13.3 Å². The number of hydrogen-bond acceptors (Lipinski definition) is 5. The van der Waals surface area contributed by atoms with Gasteiger partial charge in [-0.3, -0.25) is 9.78 Å². The van der Waals surface area contributed by atoms with Crippen LogP contribution in [0.2, 0.25) is 0 Å². The first-order valence-corrected chi connectivity index (χ1v) is 10.2. The SMILES string of the molecule is CCOc1ccc2ncc(C(=O)c3ccc(OC)cc3)c(N3CCCCC3)c2c1. The molecule has 1 fully saturated rings. The van der Waals surface area contributed by atoms with Crippen LogP contribution in [0.4, 0.5) is 5.69 Å². The van der Waals surface area contributed by atoms with Gasteiger partial charge in [0.2, 0.25) is 0 Å². The predicted octanol–water partition coefficient (Wildman–Crippen LogP) is 4.86. The summed E-state index contributed by atoms with van der Waals surface area (Å²) in [6.07, 6.45) is 5.21. The van der Waals surface area contributed by atoms with E-state index in [0.29, 0.717) is 17.7 Å². The number of piperidine rings is 1. The maximum atomic E-state index is 13.4. The van der Waals surface area contributed by atoms with E-state index in [0.717, 1.165) is 54.0 Å². The molecule has 1 aromatic heterocycles. The molecule has 3 aromatic rings. The second-order valence-corrected chi connectivity index (χ2v) is 7.24. The van der Waals surface area contributed by atoms with Crippen LogP contribution in [0, 0.1) is 0 Å². The molecule has 1 aliphatic rings. The van der Waals surface area contributed by atoms with Crippen molar-refractivity contribution >= 4 is 22.4 Å². The number of pyridine rings is 1. The maximum Gasteiger partial charge on any atom is 0.196 e. The van der Waals surface area contributed by atoms with Crippen molar-refractivity contribution in [3.05, 3.63) is 59.8 Å². The number of carbonyl (C=O) groups excluding carboxylic acids is 1. The Kier molecular flexibility index (Phi) is 5.65. The molecule has 150 valence electrons. The summed E-state index contributed by atoms with van der Waals surface area (Å²) in [6, 6.07) is 13.2. The lowest BCUT2D eigenvalue weighted by atomic mass is 9.98. The van der Waals surface area contributed by atoms with Crippen molar-refractivity contribution in [3.8, 4) is 11.5 Å². The Bertz CT molecular complexity index is 1010. The van der Waals surface area contributed by atoms with E-state index < -0.39 is 0 Å². The first-order chi connectivity index (χ1) is 14.2. The average Bonchev–Trinajstić information content (AvgIpc) is 2.78. The standard InChI is InChI=1S/C24H26N2O3/c1-3-29-19-11-12-22-20(15-19)23(26-13-5-4-6-14-26)21(16-25-22)24(27)17-7-9-18(28-2)10-8-17/h7-12,15-16H,3-6,13-14H2,1-2H3. The molecule has 0 aliphatic carbocycles. The van der Waals surface area contributed by atoms with Crippen LogP contribution in [0.15, 0.2) is 48.7 Å². The average molecular weight is 390 g/mol. The molecule has 1 aliphatic heterocycles. The Morgan fingerprint density at radius 2 is 1.76 bits per heavy atom. The van der Waals surface area contributed by atoms with Crippen molar-refractivity contribution in [2.45, 2.75) is 26.2 Å². The highest BCUT2D eigenvalue weighted by atomic mass is 16.5. The van der Waals surface area contributed by atoms with E-state index in [2.05, 4.69) is 9.88 Å². The van der Waals surface area contributed by atoms with E-state index in [9.17, 15) is 4.79 Å². The van der Waals surface area contributed by atoms with Crippen LogP contribution in [0.5, 0.6) is 11.5 Å². The lowest BCUT2D eigenvalue weighted by Gasteiger charge is -2.31. The minimum absolute atomic E-state index is 0.0237. The van der Waals surface area contributed by atoms with Crippen LogP contribution in [0.1, 0.15) is 42.1 Å². The highest BCUT2D eigenvalue weighted by molar-refractivity contribution is 6.16. The molecule has 0 atom stereocenters. The number of rotatable bonds is 6. The number of ether oxygens (including phenoxy) is 2. The summed E-state index contributed by atoms with van der Waals surface area (Å²) < 4.78 is 10.9. The third kappa shape index (κ3) is 3.90. The van der Waals surface area contributed by atoms with E-state index in [-0.39, 0.29) is 5.78 Å². The van der Waals surface area contributed by atoms with Crippen molar-refractivity contribution < 1.29 is 14.3 Å². The van der Waals surface area contributed by atoms with Crippen LogP contribution >= 0.6 is 0 Å². The van der Waals surface area contributed by atoms with Gasteiger partial charge in [0.1, 0.15) is 11.5 Å². The van der Waals surface area contributed by atoms with Gasteiger partial charge in [-0.25, -0.2) is 0 Å². The fourth-order valence-electron chi connectivity index (χ4n) is 3.94. The van der Waals surface area contributed by atoms with Gasteiger partial charge in [-0.05, 0) is 68.7 Å². The van der Waals surface area contributed by atoms with Gasteiger partial charge in [0.05, 0.1) is 30.5 Å². The fourth-order valence-corrected chi connectivity index (χ4v) is 3.94. The van der Waals surface area contributed by atoms with Crippen molar-refractivity contribution in [1.29, 1.82) is 0 Å². The fraction of sp³-hybridized carbons (Fsp3) is 0.333. The second kappa shape index (κ2) is 8.52. The monoisotopic (exact) mass is 390 g/mol. The van der Waals surface area contributed by atoms with E-state index >= 15 is 0 Å². The molecule has 2 heterocycles. The molecule has 29 heavy (non-hydrogen) atoms. The van der Waals surface area contributed by atoms with Gasteiger partial charge < -0.3 is 14.4 Å². The highest BCUT2D eigenvalue weighted by Gasteiger charge is 2.23. The molecule has 0 N–H and O–H groups in total. The number of carbonyl (C=O) groups is 1. The Morgan fingerprint density at radius 3 is 2.45 bits per heavy atom. The highest BCUT2D eigenvalue weighted by Crippen LogP contribution is 2.35. The lowest BCUT2D eigenvalue weighted by Crippen LogP contribution is -2.31. The number of nitrogens with zero attached hydrogens (tertiary/aromatic N) is 2. The molecule has 0 unspecified atom stereocenters. The van der Waals surface area contributed by atoms with Gasteiger partial charge >= 0.3 is 0 Å². The van der Waals surface area contributed by atoms with Crippen molar-refractivity contribution in [1.82, 2.24) is 4.98 Å². The predicted molar refractivity (Wildman–Crippen MR) is 115 cm³/mol. The Hall–Kier alpha value is -3.08. The molecule has 4 rings (SSSR count). The number of anilines is 1. The molecule has 0 radical (unpaired) electrons. The maximum absolute atomic E-state index is 13.4. The van der Waals surface area contributed by atoms with Crippen LogP contribution < -0.4 is 14.4 Å². The van der Waals surface area contributed by atoms with Gasteiger partial charge in [0, 0.05) is 30.2 Å². The molecular weight excluding hydrogens is 364 g/mol. The number of benzene rings is 2. The Labute approximate surface area is 171 Å². The topological polar surface area (TPSA) is 51.7 Å². The molecule has 0 amide bonds. The van der Waals surface area contributed by atoms with Gasteiger partial charge in [-0.15, -0.1) is 0 Å². The van der Waals surface area contributed by atoms with Gasteiger partial charge in [0.15, 0.2) is 5.78 Å². The largest absolute Gasteiger partial charge is 0.497 e. The van der Waals surface area contributed by atoms with Crippen molar-refractivity contribution in [3.63, 3.8) is 0 Å². The number of ketones is 1. The summed E-state index contributed by atoms with van der Waals surface area (Å²) in [7, 11) is 1.62. The summed E-state index contributed by atoms with van der Waals surface area (Å²) >= 11 is 0. The summed E-state index contributed by atoms with van der Waals surface area (Å²) in [5.74, 6) is 1.51. The summed E-state index contributed by atoms with van der Waals surface area (Å²) in [6.45, 7) is 4.46. The number of methoxy groups -OCH3 is 1. The van der Waals surface area contributed by atoms with Crippen LogP contribution in [0.25, 0.3) is 10.9 Å². The van der Waals surface area contributed by atoms with Crippen molar-refractivity contribution in [2.75, 3.05) is 31.7 Å². The minimum Gasteiger partial charge on any atom is -0.497 e. The molecule has 5 nitrogen and oxygen atoms in total. The number of fused-ring (bicyclic) bond motifs is 1. The zero-order chi connectivity index (χ0) is 20.2. The molecule has 0 spiro atoms. The van der Waals surface area contributed by atoms with Gasteiger partial charge in [-0.1, -0.05) is 0 Å². The van der Waals surface area contributed by atoms with Crippen LogP contribution in [0.3, 0.4) is 0 Å². The van der Waals surface area contributed by atoms with E-state index in [4.69, 9.17) is 9.47 Å². The van der Waals surface area contributed by atoms with Crippen LogP contribution in [-0.2, 0) is 0 Å². The molecular formula is C24H26N2O3. The summed E-state index contributed by atoms with van der Waals surface area (Å²) in [5, 5.41) is 0.970. The molecule has 0 saturated carbocycles. The Balaban J connectivity index is 1.85.